The summed E-state index contributed by atoms with van der Waals surface area (Å²) in [6.45, 7) is 2.64. The summed E-state index contributed by atoms with van der Waals surface area (Å²) in [5, 5.41) is 0. The Hall–Kier alpha value is -1.94. The van der Waals surface area contributed by atoms with Crippen LogP contribution in [0.15, 0.2) is 36.8 Å². The van der Waals surface area contributed by atoms with Crippen molar-refractivity contribution in [3.8, 4) is 5.75 Å². The van der Waals surface area contributed by atoms with Crippen molar-refractivity contribution < 1.29 is 4.74 Å². The first-order valence-electron chi connectivity index (χ1n) is 6.43. The van der Waals surface area contributed by atoms with Gasteiger partial charge in [-0.2, -0.15) is 0 Å². The lowest BCUT2D eigenvalue weighted by Crippen LogP contribution is -2.15. The molecule has 2 rings (SSSR count). The van der Waals surface area contributed by atoms with Crippen molar-refractivity contribution in [2.45, 2.75) is 19.3 Å². The first-order valence-corrected chi connectivity index (χ1v) is 6.43. The van der Waals surface area contributed by atoms with E-state index in [1.54, 1.807) is 19.6 Å². The lowest BCUT2D eigenvalue weighted by atomic mass is 9.93. The third kappa shape index (κ3) is 2.90. The van der Waals surface area contributed by atoms with Gasteiger partial charge in [-0.25, -0.2) is 9.97 Å². The third-order valence-corrected chi connectivity index (χ3v) is 3.29. The van der Waals surface area contributed by atoms with Crippen LogP contribution in [0.3, 0.4) is 0 Å². The highest BCUT2D eigenvalue weighted by Gasteiger charge is 2.15. The minimum Gasteiger partial charge on any atom is -0.496 e. The van der Waals surface area contributed by atoms with Crippen LogP contribution < -0.4 is 10.5 Å². The minimum atomic E-state index is 0.0965. The van der Waals surface area contributed by atoms with Crippen molar-refractivity contribution in [1.82, 2.24) is 9.97 Å². The molecule has 0 aliphatic heterocycles. The van der Waals surface area contributed by atoms with Crippen molar-refractivity contribution >= 4 is 0 Å². The van der Waals surface area contributed by atoms with Crippen LogP contribution in [0.5, 0.6) is 5.75 Å². The Balaban J connectivity index is 2.39. The maximum absolute atomic E-state index is 5.91. The number of methoxy groups -OCH3 is 1. The maximum Gasteiger partial charge on any atom is 0.122 e. The molecule has 0 saturated carbocycles. The van der Waals surface area contributed by atoms with Crippen molar-refractivity contribution in [2.75, 3.05) is 13.7 Å². The Labute approximate surface area is 113 Å². The van der Waals surface area contributed by atoms with Crippen LogP contribution in [0.2, 0.25) is 0 Å². The van der Waals surface area contributed by atoms with E-state index in [1.807, 2.05) is 12.1 Å². The Bertz CT molecular complexity index is 528. The lowest BCUT2D eigenvalue weighted by Gasteiger charge is -2.16. The topological polar surface area (TPSA) is 61.0 Å². The molecule has 1 heterocycles. The highest BCUT2D eigenvalue weighted by atomic mass is 16.5. The third-order valence-electron chi connectivity index (χ3n) is 3.29. The summed E-state index contributed by atoms with van der Waals surface area (Å²) in [6, 6.07) is 8.11. The molecule has 4 heteroatoms. The second-order valence-corrected chi connectivity index (χ2v) is 4.35. The standard InChI is InChI=1S/C15H19N3O/c1-3-11-8-12(4-5-15(11)19-2)13(9-16)14-6-7-17-10-18-14/h4-8,10,13H,3,9,16H2,1-2H3. The number of nitrogens with zero attached hydrogens (tertiary/aromatic N) is 2. The number of rotatable bonds is 5. The molecule has 19 heavy (non-hydrogen) atoms. The van der Waals surface area contributed by atoms with Gasteiger partial charge in [-0.15, -0.1) is 0 Å². The molecular weight excluding hydrogens is 238 g/mol. The van der Waals surface area contributed by atoms with Crippen LogP contribution in [0.25, 0.3) is 0 Å². The Morgan fingerprint density at radius 3 is 2.74 bits per heavy atom. The number of aryl methyl sites for hydroxylation is 1. The fourth-order valence-corrected chi connectivity index (χ4v) is 2.23. The summed E-state index contributed by atoms with van der Waals surface area (Å²) in [5.41, 5.74) is 9.21. The van der Waals surface area contributed by atoms with Crippen LogP contribution in [-0.4, -0.2) is 23.6 Å². The molecule has 0 saturated heterocycles. The number of hydrogen-bond donors (Lipinski definition) is 1. The molecule has 4 nitrogen and oxygen atoms in total. The monoisotopic (exact) mass is 257 g/mol. The first-order chi connectivity index (χ1) is 9.30. The number of hydrogen-bond acceptors (Lipinski definition) is 4. The molecule has 100 valence electrons. The summed E-state index contributed by atoms with van der Waals surface area (Å²) in [7, 11) is 1.69. The number of nitrogens with two attached hydrogens (primary N) is 1. The largest absolute Gasteiger partial charge is 0.496 e. The molecule has 0 amide bonds. The van der Waals surface area contributed by atoms with Gasteiger partial charge < -0.3 is 10.5 Å². The summed E-state index contributed by atoms with van der Waals surface area (Å²) >= 11 is 0. The Kier molecular flexibility index (Phi) is 4.47. The predicted molar refractivity (Wildman–Crippen MR) is 75.3 cm³/mol. The first kappa shape index (κ1) is 13.5. The van der Waals surface area contributed by atoms with Crippen LogP contribution >= 0.6 is 0 Å². The summed E-state index contributed by atoms with van der Waals surface area (Å²) in [6.07, 6.45) is 4.23. The highest BCUT2D eigenvalue weighted by molar-refractivity contribution is 5.40. The Morgan fingerprint density at radius 2 is 2.16 bits per heavy atom. The highest BCUT2D eigenvalue weighted by Crippen LogP contribution is 2.27. The van der Waals surface area contributed by atoms with E-state index in [2.05, 4.69) is 29.0 Å². The number of aromatic nitrogens is 2. The molecule has 0 bridgehead atoms. The summed E-state index contributed by atoms with van der Waals surface area (Å²) in [4.78, 5) is 8.25. The predicted octanol–water partition coefficient (Wildman–Crippen LogP) is 2.14. The zero-order valence-electron chi connectivity index (χ0n) is 11.3. The van der Waals surface area contributed by atoms with Gasteiger partial charge in [-0.05, 0) is 29.7 Å². The smallest absolute Gasteiger partial charge is 0.122 e. The van der Waals surface area contributed by atoms with E-state index in [0.717, 1.165) is 17.9 Å². The second kappa shape index (κ2) is 6.29. The SMILES string of the molecule is CCc1cc(C(CN)c2ccncn2)ccc1OC. The van der Waals surface area contributed by atoms with E-state index < -0.39 is 0 Å². The molecule has 0 fully saturated rings. The molecule has 0 radical (unpaired) electrons. The second-order valence-electron chi connectivity index (χ2n) is 4.35. The van der Waals surface area contributed by atoms with Crippen LogP contribution in [-0.2, 0) is 6.42 Å². The zero-order chi connectivity index (χ0) is 13.7. The maximum atomic E-state index is 5.91. The minimum absolute atomic E-state index is 0.0965. The molecule has 2 aromatic rings. The van der Waals surface area contributed by atoms with Gasteiger partial charge in [0.25, 0.3) is 0 Å². The molecule has 0 aliphatic carbocycles. The summed E-state index contributed by atoms with van der Waals surface area (Å²) in [5.74, 6) is 1.02. The molecular formula is C15H19N3O. The fourth-order valence-electron chi connectivity index (χ4n) is 2.23. The van der Waals surface area contributed by atoms with E-state index in [4.69, 9.17) is 10.5 Å². The lowest BCUT2D eigenvalue weighted by molar-refractivity contribution is 0.410. The van der Waals surface area contributed by atoms with Crippen LogP contribution in [0.4, 0.5) is 0 Å². The van der Waals surface area contributed by atoms with E-state index in [-0.39, 0.29) is 5.92 Å². The fraction of sp³-hybridized carbons (Fsp3) is 0.333. The zero-order valence-corrected chi connectivity index (χ0v) is 11.3. The normalized spacial score (nSPS) is 12.2. The van der Waals surface area contributed by atoms with Crippen molar-refractivity contribution in [1.29, 1.82) is 0 Å². The van der Waals surface area contributed by atoms with Crippen molar-refractivity contribution in [3.05, 3.63) is 53.6 Å². The number of benzene rings is 1. The van der Waals surface area contributed by atoms with Gasteiger partial charge in [0, 0.05) is 18.7 Å². The molecule has 0 spiro atoms. The quantitative estimate of drug-likeness (QED) is 0.891. The van der Waals surface area contributed by atoms with Crippen LogP contribution in [0, 0.1) is 0 Å². The van der Waals surface area contributed by atoms with Gasteiger partial charge in [-0.1, -0.05) is 19.1 Å². The van der Waals surface area contributed by atoms with Crippen molar-refractivity contribution in [2.24, 2.45) is 5.73 Å². The molecule has 1 atom stereocenters. The Morgan fingerprint density at radius 1 is 1.32 bits per heavy atom. The summed E-state index contributed by atoms with van der Waals surface area (Å²) < 4.78 is 5.35. The number of ether oxygens (including phenoxy) is 1. The molecule has 1 aromatic carbocycles. The van der Waals surface area contributed by atoms with Crippen molar-refractivity contribution in [3.63, 3.8) is 0 Å². The van der Waals surface area contributed by atoms with Gasteiger partial charge >= 0.3 is 0 Å². The van der Waals surface area contributed by atoms with Crippen LogP contribution in [0.1, 0.15) is 29.7 Å². The molecule has 1 unspecified atom stereocenters. The van der Waals surface area contributed by atoms with E-state index in [0.29, 0.717) is 6.54 Å². The van der Waals surface area contributed by atoms with Gasteiger partial charge in [-0.3, -0.25) is 0 Å². The van der Waals surface area contributed by atoms with Gasteiger partial charge in [0.15, 0.2) is 0 Å². The molecule has 1 aromatic heterocycles. The average Bonchev–Trinajstić information content (AvgIpc) is 2.49. The average molecular weight is 257 g/mol. The van der Waals surface area contributed by atoms with Gasteiger partial charge in [0.05, 0.1) is 12.8 Å². The molecule has 0 aliphatic rings. The van der Waals surface area contributed by atoms with E-state index in [9.17, 15) is 0 Å². The van der Waals surface area contributed by atoms with Gasteiger partial charge in [0.2, 0.25) is 0 Å². The van der Waals surface area contributed by atoms with E-state index >= 15 is 0 Å². The van der Waals surface area contributed by atoms with E-state index in [1.165, 1.54) is 11.1 Å². The van der Waals surface area contributed by atoms with Gasteiger partial charge in [0.1, 0.15) is 12.1 Å². The molecule has 2 N–H and O–H groups in total.